The first-order chi connectivity index (χ1) is 12.2. The number of hydrogen-bond donors (Lipinski definition) is 0. The summed E-state index contributed by atoms with van der Waals surface area (Å²) in [6, 6.07) is 8.02. The number of rotatable bonds is 5. The maximum absolute atomic E-state index is 12.1. The number of thiazole rings is 1. The molecule has 1 aromatic heterocycles. The Morgan fingerprint density at radius 1 is 1.28 bits per heavy atom. The van der Waals surface area contributed by atoms with Crippen LogP contribution in [0.4, 0.5) is 0 Å². The standard InChI is InChI=1S/C19H23N3O2S/c1-24-17-4-2-3-15(11-17)18-20-16(13-25-18)12-21-7-9-22(10-8-21)19(23)14-5-6-14/h2-4,11,13-14H,5-10,12H2,1H3. The van der Waals surface area contributed by atoms with Gasteiger partial charge in [0.15, 0.2) is 0 Å². The Kier molecular flexibility index (Phi) is 4.72. The fourth-order valence-electron chi connectivity index (χ4n) is 3.21. The summed E-state index contributed by atoms with van der Waals surface area (Å²) in [5.74, 6) is 1.55. The summed E-state index contributed by atoms with van der Waals surface area (Å²) < 4.78 is 5.29. The van der Waals surface area contributed by atoms with Crippen molar-refractivity contribution in [1.29, 1.82) is 0 Å². The summed E-state index contributed by atoms with van der Waals surface area (Å²) in [4.78, 5) is 21.3. The summed E-state index contributed by atoms with van der Waals surface area (Å²) >= 11 is 1.67. The first-order valence-corrected chi connectivity index (χ1v) is 9.71. The zero-order valence-electron chi connectivity index (χ0n) is 14.5. The van der Waals surface area contributed by atoms with Gasteiger partial charge in [0.1, 0.15) is 10.8 Å². The third-order valence-corrected chi connectivity index (χ3v) is 5.80. The van der Waals surface area contributed by atoms with Crippen molar-refractivity contribution in [2.45, 2.75) is 19.4 Å². The van der Waals surface area contributed by atoms with Crippen molar-refractivity contribution < 1.29 is 9.53 Å². The molecule has 2 heterocycles. The molecule has 0 atom stereocenters. The average molecular weight is 357 g/mol. The number of nitrogens with zero attached hydrogens (tertiary/aromatic N) is 3. The van der Waals surface area contributed by atoms with Crippen LogP contribution in [0.25, 0.3) is 10.6 Å². The molecule has 4 rings (SSSR count). The van der Waals surface area contributed by atoms with Crippen LogP contribution < -0.4 is 4.74 Å². The molecule has 0 spiro atoms. The number of hydrogen-bond acceptors (Lipinski definition) is 5. The van der Waals surface area contributed by atoms with Crippen molar-refractivity contribution in [3.8, 4) is 16.3 Å². The molecule has 2 aromatic rings. The number of carbonyl (C=O) groups is 1. The van der Waals surface area contributed by atoms with Crippen molar-refractivity contribution in [3.05, 3.63) is 35.3 Å². The second kappa shape index (κ2) is 7.14. The maximum Gasteiger partial charge on any atom is 0.225 e. The van der Waals surface area contributed by atoms with E-state index in [2.05, 4.69) is 16.3 Å². The average Bonchev–Trinajstić information content (AvgIpc) is 3.41. The molecule has 0 N–H and O–H groups in total. The highest BCUT2D eigenvalue weighted by Gasteiger charge is 2.34. The van der Waals surface area contributed by atoms with E-state index in [0.29, 0.717) is 11.8 Å². The maximum atomic E-state index is 12.1. The fraction of sp³-hybridized carbons (Fsp3) is 0.474. The molecule has 1 saturated carbocycles. The van der Waals surface area contributed by atoms with E-state index in [-0.39, 0.29) is 0 Å². The van der Waals surface area contributed by atoms with Gasteiger partial charge in [0.05, 0.1) is 12.8 Å². The van der Waals surface area contributed by atoms with Crippen LogP contribution in [-0.4, -0.2) is 54.0 Å². The van der Waals surface area contributed by atoms with Crippen LogP contribution in [0.2, 0.25) is 0 Å². The molecule has 0 bridgehead atoms. The molecule has 6 heteroatoms. The van der Waals surface area contributed by atoms with Gasteiger partial charge in [-0.1, -0.05) is 12.1 Å². The van der Waals surface area contributed by atoms with E-state index in [0.717, 1.165) is 67.6 Å². The molecular formula is C19H23N3O2S. The molecule has 1 saturated heterocycles. The second-order valence-electron chi connectivity index (χ2n) is 6.75. The molecule has 1 aliphatic heterocycles. The highest BCUT2D eigenvalue weighted by atomic mass is 32.1. The first kappa shape index (κ1) is 16.5. The summed E-state index contributed by atoms with van der Waals surface area (Å²) in [6.45, 7) is 4.42. The number of benzene rings is 1. The summed E-state index contributed by atoms with van der Waals surface area (Å²) in [5.41, 5.74) is 2.19. The lowest BCUT2D eigenvalue weighted by molar-refractivity contribution is -0.134. The Hall–Kier alpha value is -1.92. The molecule has 1 aliphatic carbocycles. The molecule has 0 unspecified atom stereocenters. The van der Waals surface area contributed by atoms with Crippen molar-refractivity contribution in [3.63, 3.8) is 0 Å². The number of aromatic nitrogens is 1. The van der Waals surface area contributed by atoms with E-state index in [1.165, 1.54) is 0 Å². The number of carbonyl (C=O) groups excluding carboxylic acids is 1. The van der Waals surface area contributed by atoms with Crippen LogP contribution >= 0.6 is 11.3 Å². The summed E-state index contributed by atoms with van der Waals surface area (Å²) in [5, 5.41) is 3.16. The molecule has 2 aliphatic rings. The lowest BCUT2D eigenvalue weighted by atomic mass is 10.2. The van der Waals surface area contributed by atoms with Gasteiger partial charge in [-0.2, -0.15) is 0 Å². The van der Waals surface area contributed by atoms with Crippen LogP contribution in [0.1, 0.15) is 18.5 Å². The first-order valence-electron chi connectivity index (χ1n) is 8.83. The Morgan fingerprint density at radius 2 is 2.08 bits per heavy atom. The lowest BCUT2D eigenvalue weighted by Gasteiger charge is -2.34. The predicted octanol–water partition coefficient (Wildman–Crippen LogP) is 2.87. The highest BCUT2D eigenvalue weighted by Crippen LogP contribution is 2.31. The number of ether oxygens (including phenoxy) is 1. The third-order valence-electron chi connectivity index (χ3n) is 4.86. The van der Waals surface area contributed by atoms with E-state index < -0.39 is 0 Å². The molecule has 1 amide bonds. The van der Waals surface area contributed by atoms with Crippen molar-refractivity contribution in [2.75, 3.05) is 33.3 Å². The zero-order chi connectivity index (χ0) is 17.2. The van der Waals surface area contributed by atoms with Gasteiger partial charge in [-0.25, -0.2) is 4.98 Å². The Balaban J connectivity index is 1.34. The van der Waals surface area contributed by atoms with Crippen molar-refractivity contribution in [1.82, 2.24) is 14.8 Å². The predicted molar refractivity (Wildman–Crippen MR) is 98.7 cm³/mol. The van der Waals surface area contributed by atoms with Gasteiger partial charge >= 0.3 is 0 Å². The molecule has 1 aromatic carbocycles. The van der Waals surface area contributed by atoms with Crippen molar-refractivity contribution >= 4 is 17.2 Å². The van der Waals surface area contributed by atoms with Crippen LogP contribution in [0.3, 0.4) is 0 Å². The molecule has 132 valence electrons. The van der Waals surface area contributed by atoms with Gasteiger partial charge in [0, 0.05) is 49.6 Å². The topological polar surface area (TPSA) is 45.7 Å². The van der Waals surface area contributed by atoms with Crippen LogP contribution in [-0.2, 0) is 11.3 Å². The molecule has 5 nitrogen and oxygen atoms in total. The molecule has 2 fully saturated rings. The fourth-order valence-corrected chi connectivity index (χ4v) is 4.02. The minimum atomic E-state index is 0.329. The van der Waals surface area contributed by atoms with Crippen LogP contribution in [0.15, 0.2) is 29.6 Å². The van der Waals surface area contributed by atoms with E-state index in [9.17, 15) is 4.79 Å². The summed E-state index contributed by atoms with van der Waals surface area (Å²) in [6.07, 6.45) is 2.18. The number of piperazine rings is 1. The molecule has 0 radical (unpaired) electrons. The lowest BCUT2D eigenvalue weighted by Crippen LogP contribution is -2.48. The smallest absolute Gasteiger partial charge is 0.225 e. The Morgan fingerprint density at radius 3 is 2.80 bits per heavy atom. The van der Waals surface area contributed by atoms with Gasteiger partial charge in [-0.15, -0.1) is 11.3 Å². The third kappa shape index (κ3) is 3.85. The van der Waals surface area contributed by atoms with Crippen molar-refractivity contribution in [2.24, 2.45) is 5.92 Å². The quantitative estimate of drug-likeness (QED) is 0.825. The number of methoxy groups -OCH3 is 1. The van der Waals surface area contributed by atoms with E-state index in [4.69, 9.17) is 9.72 Å². The minimum absolute atomic E-state index is 0.329. The molecular weight excluding hydrogens is 334 g/mol. The van der Waals surface area contributed by atoms with Crippen LogP contribution in [0.5, 0.6) is 5.75 Å². The van der Waals surface area contributed by atoms with Gasteiger partial charge < -0.3 is 9.64 Å². The Bertz CT molecular complexity index is 749. The van der Waals surface area contributed by atoms with E-state index >= 15 is 0 Å². The van der Waals surface area contributed by atoms with E-state index in [1.54, 1.807) is 18.4 Å². The number of amides is 1. The van der Waals surface area contributed by atoms with Gasteiger partial charge in [0.2, 0.25) is 5.91 Å². The minimum Gasteiger partial charge on any atom is -0.497 e. The second-order valence-corrected chi connectivity index (χ2v) is 7.61. The Labute approximate surface area is 152 Å². The largest absolute Gasteiger partial charge is 0.497 e. The van der Waals surface area contributed by atoms with Gasteiger partial charge in [-0.3, -0.25) is 9.69 Å². The molecule has 25 heavy (non-hydrogen) atoms. The normalized spacial score (nSPS) is 18.4. The SMILES string of the molecule is COc1cccc(-c2nc(CN3CCN(C(=O)C4CC4)CC3)cs2)c1. The van der Waals surface area contributed by atoms with Gasteiger partial charge in [0.25, 0.3) is 0 Å². The zero-order valence-corrected chi connectivity index (χ0v) is 15.3. The van der Waals surface area contributed by atoms with Gasteiger partial charge in [-0.05, 0) is 25.0 Å². The van der Waals surface area contributed by atoms with Crippen LogP contribution in [0, 0.1) is 5.92 Å². The summed E-state index contributed by atoms with van der Waals surface area (Å²) in [7, 11) is 1.68. The highest BCUT2D eigenvalue weighted by molar-refractivity contribution is 7.13. The monoisotopic (exact) mass is 357 g/mol. The van der Waals surface area contributed by atoms with E-state index in [1.807, 2.05) is 23.1 Å².